The fourth-order valence-corrected chi connectivity index (χ4v) is 3.26. The fraction of sp³-hybridized carbons (Fsp3) is 0.500. The van der Waals surface area contributed by atoms with E-state index in [2.05, 4.69) is 5.32 Å². The number of likely N-dealkylation sites (N-methyl/N-ethyl adjacent to an activating group) is 1. The van der Waals surface area contributed by atoms with Crippen molar-refractivity contribution in [2.75, 3.05) is 19.8 Å². The number of sulfone groups is 1. The van der Waals surface area contributed by atoms with Crippen molar-refractivity contribution in [3.63, 3.8) is 0 Å². The highest BCUT2D eigenvalue weighted by atomic mass is 32.2. The molecule has 1 heterocycles. The van der Waals surface area contributed by atoms with E-state index < -0.39 is 9.84 Å². The van der Waals surface area contributed by atoms with Crippen LogP contribution in [0.5, 0.6) is 0 Å². The molecule has 21 heavy (non-hydrogen) atoms. The summed E-state index contributed by atoms with van der Waals surface area (Å²) in [6.07, 6.45) is 1.82. The van der Waals surface area contributed by atoms with E-state index in [0.717, 1.165) is 5.56 Å². The van der Waals surface area contributed by atoms with Crippen molar-refractivity contribution in [2.24, 2.45) is 5.73 Å². The molecule has 1 fully saturated rings. The summed E-state index contributed by atoms with van der Waals surface area (Å²) >= 11 is 0. The largest absolute Gasteiger partial charge is 0.358 e. The van der Waals surface area contributed by atoms with Crippen LogP contribution in [0.15, 0.2) is 29.2 Å². The number of hydrogen-bond acceptors (Lipinski definition) is 5. The predicted octanol–water partition coefficient (Wildman–Crippen LogP) is -0.262. The third-order valence-corrected chi connectivity index (χ3v) is 4.85. The van der Waals surface area contributed by atoms with E-state index >= 15 is 0 Å². The van der Waals surface area contributed by atoms with Gasteiger partial charge in [0, 0.05) is 32.4 Å². The Morgan fingerprint density at radius 3 is 2.52 bits per heavy atom. The quantitative estimate of drug-likeness (QED) is 0.799. The Balaban J connectivity index is 2.12. The third kappa shape index (κ3) is 3.81. The van der Waals surface area contributed by atoms with Crippen molar-refractivity contribution in [1.29, 1.82) is 0 Å². The molecular formula is C14H21N3O3S. The zero-order valence-electron chi connectivity index (χ0n) is 12.2. The van der Waals surface area contributed by atoms with Crippen LogP contribution in [0, 0.1) is 0 Å². The Kier molecular flexibility index (Phi) is 4.65. The molecule has 1 aromatic rings. The SMILES string of the molecule is CNC(=O)[C@@H]1C[C@@H](N)CN1Cc1ccc(S(C)(=O)=O)cc1. The van der Waals surface area contributed by atoms with Gasteiger partial charge in [-0.25, -0.2) is 8.42 Å². The van der Waals surface area contributed by atoms with E-state index in [-0.39, 0.29) is 18.0 Å². The first-order chi connectivity index (χ1) is 9.81. The molecule has 6 nitrogen and oxygen atoms in total. The molecule has 1 saturated heterocycles. The van der Waals surface area contributed by atoms with Gasteiger partial charge in [-0.3, -0.25) is 9.69 Å². The highest BCUT2D eigenvalue weighted by Crippen LogP contribution is 2.20. The summed E-state index contributed by atoms with van der Waals surface area (Å²) in [5.74, 6) is -0.0318. The fourth-order valence-electron chi connectivity index (χ4n) is 2.63. The normalized spacial score (nSPS) is 23.2. The van der Waals surface area contributed by atoms with Gasteiger partial charge in [0.05, 0.1) is 10.9 Å². The lowest BCUT2D eigenvalue weighted by Crippen LogP contribution is -2.41. The van der Waals surface area contributed by atoms with E-state index in [4.69, 9.17) is 5.73 Å². The molecule has 2 rings (SSSR count). The minimum Gasteiger partial charge on any atom is -0.358 e. The zero-order valence-corrected chi connectivity index (χ0v) is 13.1. The summed E-state index contributed by atoms with van der Waals surface area (Å²) < 4.78 is 22.9. The molecule has 3 N–H and O–H groups in total. The van der Waals surface area contributed by atoms with E-state index in [9.17, 15) is 13.2 Å². The van der Waals surface area contributed by atoms with Gasteiger partial charge in [0.1, 0.15) is 0 Å². The second-order valence-electron chi connectivity index (χ2n) is 5.47. The van der Waals surface area contributed by atoms with E-state index in [0.29, 0.717) is 24.4 Å². The number of benzene rings is 1. The molecule has 7 heteroatoms. The number of nitrogens with two attached hydrogens (primary N) is 1. The van der Waals surface area contributed by atoms with Crippen LogP contribution in [-0.2, 0) is 21.2 Å². The van der Waals surface area contributed by atoms with Gasteiger partial charge in [-0.2, -0.15) is 0 Å². The van der Waals surface area contributed by atoms with Gasteiger partial charge in [-0.05, 0) is 24.1 Å². The minimum atomic E-state index is -3.18. The number of likely N-dealkylation sites (tertiary alicyclic amines) is 1. The Labute approximate surface area is 125 Å². The molecule has 0 spiro atoms. The van der Waals surface area contributed by atoms with Crippen molar-refractivity contribution < 1.29 is 13.2 Å². The number of rotatable bonds is 4. The molecule has 0 unspecified atom stereocenters. The summed E-state index contributed by atoms with van der Waals surface area (Å²) in [4.78, 5) is 14.2. The van der Waals surface area contributed by atoms with E-state index in [1.807, 2.05) is 4.90 Å². The molecule has 116 valence electrons. The van der Waals surface area contributed by atoms with Gasteiger partial charge >= 0.3 is 0 Å². The molecule has 0 aromatic heterocycles. The first kappa shape index (κ1) is 15.9. The van der Waals surface area contributed by atoms with Gasteiger partial charge in [-0.15, -0.1) is 0 Å². The van der Waals surface area contributed by atoms with Crippen molar-refractivity contribution >= 4 is 15.7 Å². The maximum atomic E-state index is 11.9. The van der Waals surface area contributed by atoms with Gasteiger partial charge in [-0.1, -0.05) is 12.1 Å². The Morgan fingerprint density at radius 2 is 2.00 bits per heavy atom. The number of nitrogens with zero attached hydrogens (tertiary/aromatic N) is 1. The molecular weight excluding hydrogens is 290 g/mol. The standard InChI is InChI=1S/C14H21N3O3S/c1-16-14(18)13-7-11(15)9-17(13)8-10-3-5-12(6-4-10)21(2,19)20/h3-6,11,13H,7-9,15H2,1-2H3,(H,16,18)/t11-,13+/m1/s1. The zero-order chi connectivity index (χ0) is 15.6. The number of hydrogen-bond donors (Lipinski definition) is 2. The molecule has 0 bridgehead atoms. The van der Waals surface area contributed by atoms with Crippen LogP contribution in [0.1, 0.15) is 12.0 Å². The lowest BCUT2D eigenvalue weighted by atomic mass is 10.1. The summed E-state index contributed by atoms with van der Waals surface area (Å²) in [6.45, 7) is 1.24. The van der Waals surface area contributed by atoms with Crippen LogP contribution in [0.2, 0.25) is 0 Å². The van der Waals surface area contributed by atoms with Crippen LogP contribution >= 0.6 is 0 Å². The monoisotopic (exact) mass is 311 g/mol. The number of carbonyl (C=O) groups excluding carboxylic acids is 1. The van der Waals surface area contributed by atoms with Crippen LogP contribution in [-0.4, -0.2) is 51.2 Å². The molecule has 1 aromatic carbocycles. The van der Waals surface area contributed by atoms with Crippen molar-refractivity contribution in [2.45, 2.75) is 29.9 Å². The van der Waals surface area contributed by atoms with Gasteiger partial charge in [0.25, 0.3) is 0 Å². The van der Waals surface area contributed by atoms with Gasteiger partial charge in [0.2, 0.25) is 5.91 Å². The van der Waals surface area contributed by atoms with Gasteiger partial charge in [0.15, 0.2) is 9.84 Å². The molecule has 0 aliphatic carbocycles. The maximum Gasteiger partial charge on any atom is 0.237 e. The van der Waals surface area contributed by atoms with Crippen molar-refractivity contribution in [3.8, 4) is 0 Å². The summed E-state index contributed by atoms with van der Waals surface area (Å²) in [6, 6.07) is 6.51. The topological polar surface area (TPSA) is 92.5 Å². The number of carbonyl (C=O) groups is 1. The van der Waals surface area contributed by atoms with Crippen LogP contribution < -0.4 is 11.1 Å². The lowest BCUT2D eigenvalue weighted by molar-refractivity contribution is -0.125. The molecule has 1 aliphatic heterocycles. The number of amides is 1. The lowest BCUT2D eigenvalue weighted by Gasteiger charge is -2.22. The molecule has 1 aliphatic rings. The summed E-state index contributed by atoms with van der Waals surface area (Å²) in [5.41, 5.74) is 6.91. The summed E-state index contributed by atoms with van der Waals surface area (Å²) in [5, 5.41) is 2.66. The Bertz CT molecular complexity index is 613. The predicted molar refractivity (Wildman–Crippen MR) is 80.4 cm³/mol. The first-order valence-corrected chi connectivity index (χ1v) is 8.70. The Hall–Kier alpha value is -1.44. The van der Waals surface area contributed by atoms with Crippen molar-refractivity contribution in [3.05, 3.63) is 29.8 Å². The third-order valence-electron chi connectivity index (χ3n) is 3.72. The number of nitrogens with one attached hydrogen (secondary N) is 1. The van der Waals surface area contributed by atoms with E-state index in [1.54, 1.807) is 31.3 Å². The second kappa shape index (κ2) is 6.13. The first-order valence-electron chi connectivity index (χ1n) is 6.81. The average molecular weight is 311 g/mol. The molecule has 0 radical (unpaired) electrons. The smallest absolute Gasteiger partial charge is 0.237 e. The molecule has 0 saturated carbocycles. The van der Waals surface area contributed by atoms with Crippen LogP contribution in [0.25, 0.3) is 0 Å². The van der Waals surface area contributed by atoms with Gasteiger partial charge < -0.3 is 11.1 Å². The molecule has 2 atom stereocenters. The molecule has 1 amide bonds. The highest BCUT2D eigenvalue weighted by molar-refractivity contribution is 7.90. The average Bonchev–Trinajstić information content (AvgIpc) is 2.78. The summed E-state index contributed by atoms with van der Waals surface area (Å²) in [7, 11) is -1.57. The maximum absolute atomic E-state index is 11.9. The minimum absolute atomic E-state index is 0.0115. The second-order valence-corrected chi connectivity index (χ2v) is 7.49. The van der Waals surface area contributed by atoms with Crippen LogP contribution in [0.4, 0.5) is 0 Å². The van der Waals surface area contributed by atoms with E-state index in [1.165, 1.54) is 6.26 Å². The highest BCUT2D eigenvalue weighted by Gasteiger charge is 2.34. The van der Waals surface area contributed by atoms with Crippen LogP contribution in [0.3, 0.4) is 0 Å². The van der Waals surface area contributed by atoms with Crippen molar-refractivity contribution in [1.82, 2.24) is 10.2 Å². The Morgan fingerprint density at radius 1 is 1.38 bits per heavy atom.